The van der Waals surface area contributed by atoms with Crippen LogP contribution in [0.15, 0.2) is 97.7 Å². The van der Waals surface area contributed by atoms with Crippen LogP contribution in [0.4, 0.5) is 0 Å². The Hall–Kier alpha value is -4.15. The summed E-state index contributed by atoms with van der Waals surface area (Å²) in [6.45, 7) is 2.83. The minimum Gasteiger partial charge on any atom is -0.490 e. The Morgan fingerprint density at radius 1 is 0.951 bits per heavy atom. The van der Waals surface area contributed by atoms with E-state index in [4.69, 9.17) is 23.9 Å². The second kappa shape index (κ2) is 11.8. The summed E-state index contributed by atoms with van der Waals surface area (Å²) in [5.41, 5.74) is 2.70. The normalized spacial score (nSPS) is 12.3. The lowest BCUT2D eigenvalue weighted by molar-refractivity contribution is 0.174. The maximum Gasteiger partial charge on any atom is 0.282 e. The molecule has 1 aromatic heterocycles. The van der Waals surface area contributed by atoms with Crippen molar-refractivity contribution in [2.75, 3.05) is 13.4 Å². The number of nitrogens with zero attached hydrogens (tertiary/aromatic N) is 3. The molecule has 0 N–H and O–H groups in total. The third kappa shape index (κ3) is 5.45. The first-order chi connectivity index (χ1) is 20.0. The number of ether oxygens (including phenoxy) is 4. The second-order valence-electron chi connectivity index (χ2n) is 9.01. The van der Waals surface area contributed by atoms with E-state index in [1.165, 1.54) is 4.68 Å². The molecule has 1 aliphatic rings. The van der Waals surface area contributed by atoms with Crippen molar-refractivity contribution in [3.63, 3.8) is 0 Å². The van der Waals surface area contributed by atoms with Crippen LogP contribution in [0.3, 0.4) is 0 Å². The minimum absolute atomic E-state index is 0.212. The molecule has 0 radical (unpaired) electrons. The Bertz CT molecular complexity index is 1840. The predicted molar refractivity (Wildman–Crippen MR) is 164 cm³/mol. The Balaban J connectivity index is 1.37. The topological polar surface area (TPSA) is 84.2 Å². The third-order valence-electron chi connectivity index (χ3n) is 6.37. The minimum atomic E-state index is -0.269. The molecular weight excluding hydrogens is 654 g/mol. The van der Waals surface area contributed by atoms with E-state index in [1.54, 1.807) is 12.3 Å². The average Bonchev–Trinajstić information content (AvgIpc) is 3.47. The summed E-state index contributed by atoms with van der Waals surface area (Å²) in [7, 11) is 0. The van der Waals surface area contributed by atoms with Crippen LogP contribution in [0.1, 0.15) is 18.1 Å². The first kappa shape index (κ1) is 27.0. The molecule has 0 saturated carbocycles. The molecule has 10 heteroatoms. The van der Waals surface area contributed by atoms with Crippen LogP contribution >= 0.6 is 31.9 Å². The van der Waals surface area contributed by atoms with Crippen LogP contribution in [0.5, 0.6) is 23.0 Å². The van der Waals surface area contributed by atoms with Crippen LogP contribution in [-0.2, 0) is 6.61 Å². The summed E-state index contributed by atoms with van der Waals surface area (Å²) in [6.07, 6.45) is 1.60. The molecule has 2 heterocycles. The van der Waals surface area contributed by atoms with Crippen molar-refractivity contribution in [1.29, 1.82) is 0 Å². The van der Waals surface area contributed by atoms with E-state index in [-0.39, 0.29) is 19.0 Å². The van der Waals surface area contributed by atoms with E-state index in [0.717, 1.165) is 11.1 Å². The average molecular weight is 677 g/mol. The van der Waals surface area contributed by atoms with Gasteiger partial charge in [-0.2, -0.15) is 9.78 Å². The molecule has 0 saturated heterocycles. The molecule has 0 spiro atoms. The van der Waals surface area contributed by atoms with E-state index in [9.17, 15) is 4.79 Å². The summed E-state index contributed by atoms with van der Waals surface area (Å²) in [5.74, 6) is 2.90. The number of halogens is 2. The van der Waals surface area contributed by atoms with Crippen molar-refractivity contribution in [2.45, 2.75) is 13.5 Å². The van der Waals surface area contributed by atoms with Crippen molar-refractivity contribution in [2.24, 2.45) is 5.10 Å². The van der Waals surface area contributed by atoms with Crippen molar-refractivity contribution in [3.05, 3.63) is 109 Å². The van der Waals surface area contributed by atoms with Gasteiger partial charge in [-0.3, -0.25) is 4.79 Å². The summed E-state index contributed by atoms with van der Waals surface area (Å²) in [4.78, 5) is 18.3. The number of benzene rings is 4. The molecule has 0 aliphatic carbocycles. The molecule has 0 amide bonds. The number of hydrogen-bond acceptors (Lipinski definition) is 7. The summed E-state index contributed by atoms with van der Waals surface area (Å²) >= 11 is 7.33. The molecule has 206 valence electrons. The van der Waals surface area contributed by atoms with E-state index in [1.807, 2.05) is 79.7 Å². The lowest BCUT2D eigenvalue weighted by Gasteiger charge is -2.16. The molecule has 4 aromatic carbocycles. The largest absolute Gasteiger partial charge is 0.490 e. The zero-order valence-electron chi connectivity index (χ0n) is 21.8. The molecule has 6 rings (SSSR count). The van der Waals surface area contributed by atoms with Crippen LogP contribution in [-0.4, -0.2) is 29.3 Å². The van der Waals surface area contributed by atoms with Crippen molar-refractivity contribution < 1.29 is 18.9 Å². The molecule has 0 atom stereocenters. The van der Waals surface area contributed by atoms with Gasteiger partial charge in [-0.15, -0.1) is 0 Å². The Morgan fingerprint density at radius 3 is 2.56 bits per heavy atom. The molecule has 0 unspecified atom stereocenters. The molecule has 0 fully saturated rings. The van der Waals surface area contributed by atoms with Gasteiger partial charge in [0.25, 0.3) is 5.56 Å². The second-order valence-corrected chi connectivity index (χ2v) is 10.6. The SMILES string of the molecule is CCOc1cc(C=Nn2c(-c3ccccc3)nc3ccccc3c2=O)c(Br)c(Br)c1OCc1ccc2c(c1)OCO2. The lowest BCUT2D eigenvalue weighted by atomic mass is 10.2. The highest BCUT2D eigenvalue weighted by atomic mass is 79.9. The first-order valence-corrected chi connectivity index (χ1v) is 14.4. The number of aromatic nitrogens is 2. The van der Waals surface area contributed by atoms with Crippen LogP contribution < -0.4 is 24.5 Å². The van der Waals surface area contributed by atoms with E-state index >= 15 is 0 Å². The van der Waals surface area contributed by atoms with Gasteiger partial charge in [0.15, 0.2) is 28.8 Å². The number of para-hydroxylation sites is 1. The van der Waals surface area contributed by atoms with Gasteiger partial charge < -0.3 is 18.9 Å². The number of fused-ring (bicyclic) bond motifs is 2. The van der Waals surface area contributed by atoms with E-state index in [2.05, 4.69) is 37.0 Å². The molecular formula is C31H23Br2N3O5. The van der Waals surface area contributed by atoms with Crippen molar-refractivity contribution >= 4 is 49.0 Å². The summed E-state index contributed by atoms with van der Waals surface area (Å²) in [6, 6.07) is 24.2. The molecule has 8 nitrogen and oxygen atoms in total. The molecule has 0 bridgehead atoms. The summed E-state index contributed by atoms with van der Waals surface area (Å²) < 4.78 is 25.7. The van der Waals surface area contributed by atoms with E-state index in [0.29, 0.717) is 60.8 Å². The Labute approximate surface area is 252 Å². The molecule has 5 aromatic rings. The lowest BCUT2D eigenvalue weighted by Crippen LogP contribution is -2.20. The fourth-order valence-corrected chi connectivity index (χ4v) is 5.34. The highest BCUT2D eigenvalue weighted by Crippen LogP contribution is 2.43. The van der Waals surface area contributed by atoms with E-state index < -0.39 is 0 Å². The standard InChI is InChI=1S/C31H23Br2N3O5/c1-2-38-26-15-21(27(32)28(33)29(26)39-17-19-12-13-24-25(14-19)41-18-40-24)16-34-36-30(20-8-4-3-5-9-20)35-23-11-7-6-10-22(23)31(36)37/h3-16H,2,17-18H2,1H3. The number of rotatable bonds is 8. The highest BCUT2D eigenvalue weighted by molar-refractivity contribution is 9.13. The van der Waals surface area contributed by atoms with Crippen molar-refractivity contribution in [1.82, 2.24) is 9.66 Å². The van der Waals surface area contributed by atoms with Gasteiger partial charge in [0.05, 0.1) is 28.2 Å². The van der Waals surface area contributed by atoms with Gasteiger partial charge in [0.2, 0.25) is 6.79 Å². The van der Waals surface area contributed by atoms with Gasteiger partial charge in [-0.1, -0.05) is 48.5 Å². The Kier molecular flexibility index (Phi) is 7.76. The third-order valence-corrected chi connectivity index (χ3v) is 8.52. The van der Waals surface area contributed by atoms with Gasteiger partial charge in [0.1, 0.15) is 6.61 Å². The van der Waals surface area contributed by atoms with Gasteiger partial charge >= 0.3 is 0 Å². The quantitative estimate of drug-likeness (QED) is 0.162. The fourth-order valence-electron chi connectivity index (χ4n) is 4.41. The number of hydrogen-bond donors (Lipinski definition) is 0. The molecule has 1 aliphatic heterocycles. The molecule has 41 heavy (non-hydrogen) atoms. The van der Waals surface area contributed by atoms with Crippen LogP contribution in [0, 0.1) is 0 Å². The summed E-state index contributed by atoms with van der Waals surface area (Å²) in [5, 5.41) is 5.08. The van der Waals surface area contributed by atoms with Gasteiger partial charge in [-0.25, -0.2) is 4.98 Å². The zero-order chi connectivity index (χ0) is 28.3. The zero-order valence-corrected chi connectivity index (χ0v) is 25.0. The van der Waals surface area contributed by atoms with Gasteiger partial charge in [0, 0.05) is 15.6 Å². The van der Waals surface area contributed by atoms with Crippen LogP contribution in [0.2, 0.25) is 0 Å². The van der Waals surface area contributed by atoms with Crippen molar-refractivity contribution in [3.8, 4) is 34.4 Å². The first-order valence-electron chi connectivity index (χ1n) is 12.8. The fraction of sp³-hybridized carbons (Fsp3) is 0.129. The smallest absolute Gasteiger partial charge is 0.282 e. The van der Waals surface area contributed by atoms with Gasteiger partial charge in [-0.05, 0) is 74.7 Å². The highest BCUT2D eigenvalue weighted by Gasteiger charge is 2.19. The predicted octanol–water partition coefficient (Wildman–Crippen LogP) is 7.18. The monoisotopic (exact) mass is 675 g/mol. The van der Waals surface area contributed by atoms with Crippen LogP contribution in [0.25, 0.3) is 22.3 Å². The maximum atomic E-state index is 13.5. The Morgan fingerprint density at radius 2 is 1.73 bits per heavy atom. The maximum absolute atomic E-state index is 13.5.